The first-order chi connectivity index (χ1) is 16.5. The highest BCUT2D eigenvalue weighted by Gasteiger charge is 2.25. The van der Waals surface area contributed by atoms with Gasteiger partial charge in [0.05, 0.1) is 0 Å². The predicted molar refractivity (Wildman–Crippen MR) is 139 cm³/mol. The molecule has 2 atom stereocenters. The number of allylic oxidation sites excluding steroid dienone is 3. The molecule has 1 aliphatic heterocycles. The Morgan fingerprint density at radius 2 is 2.06 bits per heavy atom. The van der Waals surface area contributed by atoms with E-state index < -0.39 is 0 Å². The van der Waals surface area contributed by atoms with Crippen molar-refractivity contribution in [3.63, 3.8) is 0 Å². The summed E-state index contributed by atoms with van der Waals surface area (Å²) in [6, 6.07) is 2.68. The van der Waals surface area contributed by atoms with Gasteiger partial charge in [0, 0.05) is 36.1 Å². The number of hydrogen-bond acceptors (Lipinski definition) is 5. The van der Waals surface area contributed by atoms with E-state index in [2.05, 4.69) is 43.4 Å². The van der Waals surface area contributed by atoms with Crippen molar-refractivity contribution in [2.75, 3.05) is 13.6 Å². The first kappa shape index (κ1) is 24.5. The second kappa shape index (κ2) is 11.2. The topological polar surface area (TPSA) is 70.7 Å². The number of aryl methyl sites for hydroxylation is 1. The normalized spacial score (nSPS) is 22.1. The molecule has 6 heteroatoms. The van der Waals surface area contributed by atoms with Gasteiger partial charge in [0.25, 0.3) is 0 Å². The van der Waals surface area contributed by atoms with Crippen LogP contribution >= 0.6 is 0 Å². The summed E-state index contributed by atoms with van der Waals surface area (Å²) in [4.78, 5) is 16.4. The summed E-state index contributed by atoms with van der Waals surface area (Å²) in [5.41, 5.74) is 5.19. The number of aromatic nitrogens is 4. The highest BCUT2D eigenvalue weighted by Crippen LogP contribution is 2.36. The van der Waals surface area contributed by atoms with E-state index in [4.69, 9.17) is 9.97 Å². The molecular formula is C28H40N6. The van der Waals surface area contributed by atoms with Crippen molar-refractivity contribution in [2.24, 2.45) is 5.92 Å². The molecule has 2 aromatic heterocycles. The van der Waals surface area contributed by atoms with Crippen LogP contribution in [0.15, 0.2) is 48.1 Å². The van der Waals surface area contributed by atoms with Gasteiger partial charge in [0.1, 0.15) is 17.9 Å². The SMILES string of the molecule is C=C1CCCCC1/C(C)=C(\CCC)C(=N)c1nc(CC[C@@H]2CCCN2C)cc(-n2ccnc2)n1. The van der Waals surface area contributed by atoms with Crippen molar-refractivity contribution < 1.29 is 0 Å². The van der Waals surface area contributed by atoms with Crippen LogP contribution in [0, 0.1) is 11.3 Å². The van der Waals surface area contributed by atoms with Crippen LogP contribution in [0.5, 0.6) is 0 Å². The average molecular weight is 461 g/mol. The monoisotopic (exact) mass is 460 g/mol. The summed E-state index contributed by atoms with van der Waals surface area (Å²) in [7, 11) is 2.22. The molecule has 2 aliphatic rings. The molecule has 0 radical (unpaired) electrons. The highest BCUT2D eigenvalue weighted by molar-refractivity contribution is 6.08. The van der Waals surface area contributed by atoms with Gasteiger partial charge < -0.3 is 4.90 Å². The average Bonchev–Trinajstić information content (AvgIpc) is 3.52. The van der Waals surface area contributed by atoms with E-state index in [-0.39, 0.29) is 0 Å². The molecule has 2 aromatic rings. The second-order valence-corrected chi connectivity index (χ2v) is 10.1. The minimum atomic E-state index is 0.379. The van der Waals surface area contributed by atoms with Crippen LogP contribution in [0.3, 0.4) is 0 Å². The van der Waals surface area contributed by atoms with Crippen molar-refractivity contribution in [1.82, 2.24) is 24.4 Å². The van der Waals surface area contributed by atoms with Gasteiger partial charge >= 0.3 is 0 Å². The molecule has 2 fully saturated rings. The number of nitrogens with one attached hydrogen (secondary N) is 1. The van der Waals surface area contributed by atoms with Gasteiger partial charge in [-0.1, -0.05) is 37.5 Å². The maximum absolute atomic E-state index is 9.21. The summed E-state index contributed by atoms with van der Waals surface area (Å²) < 4.78 is 1.92. The number of hydrogen-bond donors (Lipinski definition) is 1. The van der Waals surface area contributed by atoms with Gasteiger partial charge in [-0.2, -0.15) is 0 Å². The van der Waals surface area contributed by atoms with Crippen molar-refractivity contribution in [3.05, 3.63) is 59.6 Å². The smallest absolute Gasteiger partial charge is 0.180 e. The third-order valence-electron chi connectivity index (χ3n) is 7.70. The van der Waals surface area contributed by atoms with Gasteiger partial charge in [0.15, 0.2) is 5.82 Å². The Hall–Kier alpha value is -2.60. The molecule has 4 rings (SSSR count). The fourth-order valence-electron chi connectivity index (χ4n) is 5.62. The highest BCUT2D eigenvalue weighted by atomic mass is 15.1. The van der Waals surface area contributed by atoms with Gasteiger partial charge in [-0.15, -0.1) is 0 Å². The molecule has 1 aliphatic carbocycles. The lowest BCUT2D eigenvalue weighted by atomic mass is 9.78. The van der Waals surface area contributed by atoms with Gasteiger partial charge in [-0.3, -0.25) is 9.98 Å². The second-order valence-electron chi connectivity index (χ2n) is 10.1. The Morgan fingerprint density at radius 1 is 1.21 bits per heavy atom. The van der Waals surface area contributed by atoms with Crippen LogP contribution in [0.25, 0.3) is 5.82 Å². The summed E-state index contributed by atoms with van der Waals surface area (Å²) in [5.74, 6) is 1.70. The predicted octanol–water partition coefficient (Wildman–Crippen LogP) is 5.92. The van der Waals surface area contributed by atoms with Gasteiger partial charge in [-0.25, -0.2) is 15.0 Å². The Labute approximate surface area is 204 Å². The zero-order valence-electron chi connectivity index (χ0n) is 21.2. The molecule has 6 nitrogen and oxygen atoms in total. The maximum atomic E-state index is 9.21. The summed E-state index contributed by atoms with van der Waals surface area (Å²) in [6.07, 6.45) is 16.5. The van der Waals surface area contributed by atoms with E-state index in [1.54, 1.807) is 12.5 Å². The Kier molecular flexibility index (Phi) is 8.09. The van der Waals surface area contributed by atoms with Crippen LogP contribution in [-0.2, 0) is 6.42 Å². The number of rotatable bonds is 9. The van der Waals surface area contributed by atoms with Crippen LogP contribution < -0.4 is 0 Å². The molecule has 3 heterocycles. The van der Waals surface area contributed by atoms with E-state index >= 15 is 0 Å². The lowest BCUT2D eigenvalue weighted by Gasteiger charge is -2.28. The molecule has 0 amide bonds. The van der Waals surface area contributed by atoms with Crippen molar-refractivity contribution in [3.8, 4) is 5.82 Å². The lowest BCUT2D eigenvalue weighted by molar-refractivity contribution is 0.296. The molecule has 0 spiro atoms. The van der Waals surface area contributed by atoms with Crippen molar-refractivity contribution in [1.29, 1.82) is 5.41 Å². The fourth-order valence-corrected chi connectivity index (χ4v) is 5.62. The van der Waals surface area contributed by atoms with E-state index in [1.807, 2.05) is 10.8 Å². The van der Waals surface area contributed by atoms with E-state index in [0.717, 1.165) is 55.6 Å². The van der Waals surface area contributed by atoms with Gasteiger partial charge in [-0.05, 0) is 77.5 Å². The number of nitrogens with zero attached hydrogens (tertiary/aromatic N) is 5. The largest absolute Gasteiger partial charge is 0.303 e. The quantitative estimate of drug-likeness (QED) is 0.372. The fraction of sp³-hybridized carbons (Fsp3) is 0.571. The van der Waals surface area contributed by atoms with Crippen molar-refractivity contribution in [2.45, 2.75) is 84.1 Å². The maximum Gasteiger partial charge on any atom is 0.180 e. The summed E-state index contributed by atoms with van der Waals surface area (Å²) in [5, 5.41) is 9.21. The first-order valence-electron chi connectivity index (χ1n) is 13.0. The molecule has 1 unspecified atom stereocenters. The Bertz CT molecular complexity index is 1040. The zero-order chi connectivity index (χ0) is 24.1. The molecule has 1 saturated carbocycles. The summed E-state index contributed by atoms with van der Waals surface area (Å²) >= 11 is 0. The summed E-state index contributed by atoms with van der Waals surface area (Å²) in [6.45, 7) is 9.94. The molecule has 182 valence electrons. The first-order valence-corrected chi connectivity index (χ1v) is 13.0. The molecule has 34 heavy (non-hydrogen) atoms. The van der Waals surface area contributed by atoms with E-state index in [0.29, 0.717) is 23.5 Å². The minimum absolute atomic E-state index is 0.379. The van der Waals surface area contributed by atoms with Crippen LogP contribution in [0.2, 0.25) is 0 Å². The molecule has 1 saturated heterocycles. The van der Waals surface area contributed by atoms with Crippen LogP contribution in [0.1, 0.15) is 83.2 Å². The Morgan fingerprint density at radius 3 is 2.74 bits per heavy atom. The Balaban J connectivity index is 1.67. The van der Waals surface area contributed by atoms with Crippen LogP contribution in [0.4, 0.5) is 0 Å². The van der Waals surface area contributed by atoms with Crippen LogP contribution in [-0.4, -0.2) is 49.8 Å². The minimum Gasteiger partial charge on any atom is -0.303 e. The zero-order valence-corrected chi connectivity index (χ0v) is 21.2. The standard InChI is InChI=1S/C28H40N6/c1-5-9-25(21(3)24-12-7-6-10-20(24)2)27(29)28-31-22(13-14-23-11-8-16-33(23)4)18-26(32-28)34-17-15-30-19-34/h15,17-19,23-24,29H,2,5-14,16H2,1,3-4H3/b25-21+,29-27?/t23-,24?/m0/s1. The number of imidazole rings is 1. The lowest BCUT2D eigenvalue weighted by Crippen LogP contribution is -2.25. The van der Waals surface area contributed by atoms with E-state index in [9.17, 15) is 5.41 Å². The number of likely N-dealkylation sites (tertiary alicyclic amines) is 1. The van der Waals surface area contributed by atoms with Gasteiger partial charge in [0.2, 0.25) is 0 Å². The van der Waals surface area contributed by atoms with Crippen molar-refractivity contribution >= 4 is 5.71 Å². The third kappa shape index (κ3) is 5.54. The molecule has 0 aromatic carbocycles. The molecule has 0 bridgehead atoms. The molecule has 1 N–H and O–H groups in total. The molecular weight excluding hydrogens is 420 g/mol. The third-order valence-corrected chi connectivity index (χ3v) is 7.70. The van der Waals surface area contributed by atoms with E-state index in [1.165, 1.54) is 43.4 Å².